The van der Waals surface area contributed by atoms with Gasteiger partial charge in [0.25, 0.3) is 5.91 Å². The average molecular weight is 381 g/mol. The SMILES string of the molecule is CCC(C)(C)NC(=O)COC(=O)c1ccccc1CSC1=NCCS1. The highest BCUT2D eigenvalue weighted by Gasteiger charge is 2.20. The second-order valence-corrected chi connectivity index (χ2v) is 8.61. The van der Waals surface area contributed by atoms with E-state index in [1.165, 1.54) is 0 Å². The van der Waals surface area contributed by atoms with Gasteiger partial charge in [0.15, 0.2) is 6.61 Å². The van der Waals surface area contributed by atoms with Crippen LogP contribution in [0.2, 0.25) is 0 Å². The van der Waals surface area contributed by atoms with Crippen molar-refractivity contribution in [1.29, 1.82) is 0 Å². The second-order valence-electron chi connectivity index (χ2n) is 6.30. The zero-order chi connectivity index (χ0) is 18.3. The number of carbonyl (C=O) groups is 2. The zero-order valence-corrected chi connectivity index (χ0v) is 16.5. The first-order chi connectivity index (χ1) is 11.9. The molecule has 0 saturated carbocycles. The van der Waals surface area contributed by atoms with Crippen LogP contribution < -0.4 is 5.32 Å². The standard InChI is InChI=1S/C18H24N2O3S2/c1-4-18(2,3)20-15(21)11-23-16(22)14-8-6-5-7-13(14)12-25-17-19-9-10-24-17/h5-8H,4,9-12H2,1-3H3,(H,20,21). The quantitative estimate of drug-likeness (QED) is 0.734. The van der Waals surface area contributed by atoms with Crippen molar-refractivity contribution in [2.75, 3.05) is 18.9 Å². The van der Waals surface area contributed by atoms with E-state index in [4.69, 9.17) is 4.74 Å². The fourth-order valence-corrected chi connectivity index (χ4v) is 4.11. The molecule has 0 saturated heterocycles. The number of esters is 1. The fraction of sp³-hybridized carbons (Fsp3) is 0.500. The Bertz CT molecular complexity index is 659. The van der Waals surface area contributed by atoms with Crippen molar-refractivity contribution in [3.63, 3.8) is 0 Å². The molecule has 25 heavy (non-hydrogen) atoms. The van der Waals surface area contributed by atoms with Gasteiger partial charge in [-0.05, 0) is 31.9 Å². The van der Waals surface area contributed by atoms with Crippen molar-refractivity contribution >= 4 is 39.8 Å². The van der Waals surface area contributed by atoms with Crippen LogP contribution in [-0.2, 0) is 15.3 Å². The van der Waals surface area contributed by atoms with E-state index in [2.05, 4.69) is 10.3 Å². The van der Waals surface area contributed by atoms with Crippen molar-refractivity contribution in [1.82, 2.24) is 5.32 Å². The summed E-state index contributed by atoms with van der Waals surface area (Å²) >= 11 is 3.37. The number of aliphatic imine (C=N–C) groups is 1. The molecule has 1 heterocycles. The summed E-state index contributed by atoms with van der Waals surface area (Å²) in [6.07, 6.45) is 0.800. The summed E-state index contributed by atoms with van der Waals surface area (Å²) in [5, 5.41) is 2.85. The van der Waals surface area contributed by atoms with Crippen LogP contribution >= 0.6 is 23.5 Å². The number of nitrogens with one attached hydrogen (secondary N) is 1. The van der Waals surface area contributed by atoms with E-state index in [-0.39, 0.29) is 18.1 Å². The molecule has 7 heteroatoms. The minimum atomic E-state index is -0.471. The molecule has 1 aromatic carbocycles. The van der Waals surface area contributed by atoms with Crippen LogP contribution in [0, 0.1) is 0 Å². The van der Waals surface area contributed by atoms with Gasteiger partial charge < -0.3 is 10.1 Å². The van der Waals surface area contributed by atoms with Crippen molar-refractivity contribution in [2.24, 2.45) is 4.99 Å². The Balaban J connectivity index is 1.91. The van der Waals surface area contributed by atoms with E-state index < -0.39 is 5.97 Å². The highest BCUT2D eigenvalue weighted by atomic mass is 32.2. The molecular weight excluding hydrogens is 356 g/mol. The number of rotatable bonds is 7. The molecule has 0 aliphatic carbocycles. The largest absolute Gasteiger partial charge is 0.452 e. The van der Waals surface area contributed by atoms with Crippen LogP contribution in [0.1, 0.15) is 43.1 Å². The first-order valence-electron chi connectivity index (χ1n) is 8.27. The average Bonchev–Trinajstić information content (AvgIpc) is 3.11. The summed E-state index contributed by atoms with van der Waals surface area (Å²) in [6.45, 7) is 6.45. The monoisotopic (exact) mass is 380 g/mol. The van der Waals surface area contributed by atoms with E-state index >= 15 is 0 Å². The van der Waals surface area contributed by atoms with Gasteiger partial charge in [-0.25, -0.2) is 4.79 Å². The molecule has 1 N–H and O–H groups in total. The molecule has 1 aliphatic heterocycles. The van der Waals surface area contributed by atoms with Crippen molar-refractivity contribution < 1.29 is 14.3 Å². The minimum Gasteiger partial charge on any atom is -0.452 e. The lowest BCUT2D eigenvalue weighted by molar-refractivity contribution is -0.125. The Morgan fingerprint density at radius 1 is 1.36 bits per heavy atom. The van der Waals surface area contributed by atoms with Gasteiger partial charge in [-0.2, -0.15) is 0 Å². The van der Waals surface area contributed by atoms with Crippen LogP contribution in [0.4, 0.5) is 0 Å². The molecule has 5 nitrogen and oxygen atoms in total. The number of thioether (sulfide) groups is 2. The van der Waals surface area contributed by atoms with E-state index in [1.54, 1.807) is 35.7 Å². The minimum absolute atomic E-state index is 0.272. The van der Waals surface area contributed by atoms with Crippen molar-refractivity contribution in [3.8, 4) is 0 Å². The molecule has 2 rings (SSSR count). The lowest BCUT2D eigenvalue weighted by Gasteiger charge is -2.24. The molecular formula is C18H24N2O3S2. The Labute approximate surface area is 157 Å². The van der Waals surface area contributed by atoms with Crippen LogP contribution in [0.3, 0.4) is 0 Å². The summed E-state index contributed by atoms with van der Waals surface area (Å²) in [6, 6.07) is 7.33. The Morgan fingerprint density at radius 3 is 2.80 bits per heavy atom. The van der Waals surface area contributed by atoms with E-state index in [1.807, 2.05) is 32.9 Å². The van der Waals surface area contributed by atoms with Gasteiger partial charge in [0.1, 0.15) is 4.38 Å². The highest BCUT2D eigenvalue weighted by Crippen LogP contribution is 2.26. The van der Waals surface area contributed by atoms with Gasteiger partial charge in [0.2, 0.25) is 0 Å². The molecule has 0 spiro atoms. The predicted molar refractivity (Wildman–Crippen MR) is 105 cm³/mol. The first-order valence-corrected chi connectivity index (χ1v) is 10.2. The van der Waals surface area contributed by atoms with E-state index in [0.717, 1.165) is 28.7 Å². The van der Waals surface area contributed by atoms with E-state index in [0.29, 0.717) is 11.3 Å². The van der Waals surface area contributed by atoms with E-state index in [9.17, 15) is 9.59 Å². The van der Waals surface area contributed by atoms with Gasteiger partial charge in [-0.3, -0.25) is 9.79 Å². The summed E-state index contributed by atoms with van der Waals surface area (Å²) < 4.78 is 6.26. The molecule has 0 atom stereocenters. The number of amides is 1. The maximum absolute atomic E-state index is 12.4. The normalized spacial score (nSPS) is 14.1. The zero-order valence-electron chi connectivity index (χ0n) is 14.8. The third kappa shape index (κ3) is 6.40. The maximum atomic E-state index is 12.4. The van der Waals surface area contributed by atoms with Gasteiger partial charge >= 0.3 is 5.97 Å². The van der Waals surface area contributed by atoms with Crippen LogP contribution in [0.5, 0.6) is 0 Å². The number of hydrogen-bond donors (Lipinski definition) is 1. The van der Waals surface area contributed by atoms with Crippen LogP contribution in [0.25, 0.3) is 0 Å². The highest BCUT2D eigenvalue weighted by molar-refractivity contribution is 8.38. The van der Waals surface area contributed by atoms with Crippen molar-refractivity contribution in [2.45, 2.75) is 38.5 Å². The van der Waals surface area contributed by atoms with Gasteiger partial charge in [-0.15, -0.1) is 0 Å². The van der Waals surface area contributed by atoms with Crippen molar-refractivity contribution in [3.05, 3.63) is 35.4 Å². The van der Waals surface area contributed by atoms with Gasteiger partial charge in [0.05, 0.1) is 12.1 Å². The summed E-state index contributed by atoms with van der Waals surface area (Å²) in [4.78, 5) is 28.7. The molecule has 0 radical (unpaired) electrons. The number of ether oxygens (including phenoxy) is 1. The Kier molecular flexibility index (Phi) is 7.38. The molecule has 1 aliphatic rings. The predicted octanol–water partition coefficient (Wildman–Crippen LogP) is 3.48. The summed E-state index contributed by atoms with van der Waals surface area (Å²) in [7, 11) is 0. The number of nitrogens with zero attached hydrogens (tertiary/aromatic N) is 1. The Hall–Kier alpha value is -1.47. The molecule has 0 bridgehead atoms. The smallest absolute Gasteiger partial charge is 0.338 e. The molecule has 136 valence electrons. The third-order valence-corrected chi connectivity index (χ3v) is 6.14. The molecule has 1 amide bonds. The summed E-state index contributed by atoms with van der Waals surface area (Å²) in [5.74, 6) is 0.923. The first kappa shape index (κ1) is 19.8. The summed E-state index contributed by atoms with van der Waals surface area (Å²) in [5.41, 5.74) is 1.08. The number of benzene rings is 1. The molecule has 0 unspecified atom stereocenters. The second kappa shape index (κ2) is 9.29. The lowest BCUT2D eigenvalue weighted by atomic mass is 10.0. The maximum Gasteiger partial charge on any atom is 0.338 e. The van der Waals surface area contributed by atoms with Crippen LogP contribution in [0.15, 0.2) is 29.3 Å². The lowest BCUT2D eigenvalue weighted by Crippen LogP contribution is -2.44. The molecule has 0 aromatic heterocycles. The topological polar surface area (TPSA) is 67.8 Å². The number of carbonyl (C=O) groups excluding carboxylic acids is 2. The molecule has 1 aromatic rings. The Morgan fingerprint density at radius 2 is 2.12 bits per heavy atom. The molecule has 0 fully saturated rings. The van der Waals surface area contributed by atoms with Crippen LogP contribution in [-0.4, -0.2) is 40.7 Å². The van der Waals surface area contributed by atoms with Gasteiger partial charge in [-0.1, -0.05) is 48.6 Å². The third-order valence-electron chi connectivity index (χ3n) is 3.84. The van der Waals surface area contributed by atoms with Gasteiger partial charge in [0, 0.05) is 17.0 Å². The number of hydrogen-bond acceptors (Lipinski definition) is 6. The fourth-order valence-electron chi connectivity index (χ4n) is 2.10.